The van der Waals surface area contributed by atoms with Gasteiger partial charge in [-0.2, -0.15) is 0 Å². The number of hydrogen-bond donors (Lipinski definition) is 1. The van der Waals surface area contributed by atoms with Crippen molar-refractivity contribution in [3.05, 3.63) is 71.3 Å². The molecule has 0 saturated heterocycles. The second kappa shape index (κ2) is 4.87. The van der Waals surface area contributed by atoms with Gasteiger partial charge in [0.2, 0.25) is 0 Å². The Kier molecular flexibility index (Phi) is 3.10. The Labute approximate surface area is 141 Å². The summed E-state index contributed by atoms with van der Waals surface area (Å²) in [5, 5.41) is 11.7. The SMILES string of the molecule is CC(=O)[C@@H]1[C@@H](c2ccccc2)C[C@@]2(C)C(=O)c3ccccc3[C@@]12O. The lowest BCUT2D eigenvalue weighted by Gasteiger charge is -2.36. The van der Waals surface area contributed by atoms with E-state index in [4.69, 9.17) is 0 Å². The van der Waals surface area contributed by atoms with Gasteiger partial charge in [-0.15, -0.1) is 0 Å². The molecule has 1 N–H and O–H groups in total. The van der Waals surface area contributed by atoms with Gasteiger partial charge in [-0.3, -0.25) is 9.59 Å². The third kappa shape index (κ3) is 1.65. The minimum absolute atomic E-state index is 0.0507. The van der Waals surface area contributed by atoms with E-state index in [0.717, 1.165) is 5.56 Å². The van der Waals surface area contributed by atoms with Crippen molar-refractivity contribution >= 4 is 11.6 Å². The molecule has 4 rings (SSSR count). The van der Waals surface area contributed by atoms with Gasteiger partial charge in [0.15, 0.2) is 5.78 Å². The van der Waals surface area contributed by atoms with Gasteiger partial charge in [-0.1, -0.05) is 54.6 Å². The zero-order valence-corrected chi connectivity index (χ0v) is 13.8. The molecule has 1 saturated carbocycles. The molecule has 0 heterocycles. The Hall–Kier alpha value is -2.26. The second-order valence-electron chi connectivity index (χ2n) is 7.28. The van der Waals surface area contributed by atoms with E-state index in [1.54, 1.807) is 12.1 Å². The van der Waals surface area contributed by atoms with E-state index in [2.05, 4.69) is 0 Å². The Morgan fingerprint density at radius 1 is 1.08 bits per heavy atom. The summed E-state index contributed by atoms with van der Waals surface area (Å²) >= 11 is 0. The van der Waals surface area contributed by atoms with Gasteiger partial charge < -0.3 is 5.11 Å². The largest absolute Gasteiger partial charge is 0.383 e. The molecule has 2 aromatic rings. The Bertz CT molecular complexity index is 841. The van der Waals surface area contributed by atoms with Crippen LogP contribution in [0.2, 0.25) is 0 Å². The van der Waals surface area contributed by atoms with Gasteiger partial charge in [-0.05, 0) is 37.3 Å². The van der Waals surface area contributed by atoms with E-state index in [9.17, 15) is 14.7 Å². The first-order valence-corrected chi connectivity index (χ1v) is 8.33. The highest BCUT2D eigenvalue weighted by Gasteiger charge is 2.70. The van der Waals surface area contributed by atoms with Gasteiger partial charge in [0.05, 0.1) is 11.3 Å². The predicted octanol–water partition coefficient (Wildman–Crippen LogP) is 3.47. The highest BCUT2D eigenvalue weighted by molar-refractivity contribution is 6.08. The molecule has 3 nitrogen and oxygen atoms in total. The van der Waals surface area contributed by atoms with Gasteiger partial charge in [0.1, 0.15) is 11.4 Å². The Morgan fingerprint density at radius 2 is 1.71 bits per heavy atom. The van der Waals surface area contributed by atoms with Gasteiger partial charge in [-0.25, -0.2) is 0 Å². The maximum atomic E-state index is 13.1. The molecule has 2 aromatic carbocycles. The smallest absolute Gasteiger partial charge is 0.172 e. The maximum Gasteiger partial charge on any atom is 0.172 e. The third-order valence-electron chi connectivity index (χ3n) is 6.07. The van der Waals surface area contributed by atoms with E-state index in [1.165, 1.54) is 6.92 Å². The fraction of sp³-hybridized carbons (Fsp3) is 0.333. The zero-order valence-electron chi connectivity index (χ0n) is 13.8. The highest BCUT2D eigenvalue weighted by Crippen LogP contribution is 2.66. The van der Waals surface area contributed by atoms with Crippen LogP contribution in [0.15, 0.2) is 54.6 Å². The normalized spacial score (nSPS) is 34.0. The number of hydrogen-bond acceptors (Lipinski definition) is 3. The van der Waals surface area contributed by atoms with Gasteiger partial charge in [0.25, 0.3) is 0 Å². The molecule has 0 spiro atoms. The fourth-order valence-electron chi connectivity index (χ4n) is 4.98. The molecule has 0 amide bonds. The van der Waals surface area contributed by atoms with Gasteiger partial charge >= 0.3 is 0 Å². The van der Waals surface area contributed by atoms with Crippen LogP contribution in [-0.2, 0) is 10.4 Å². The molecule has 122 valence electrons. The van der Waals surface area contributed by atoms with E-state index in [1.807, 2.05) is 49.4 Å². The summed E-state index contributed by atoms with van der Waals surface area (Å²) in [5.74, 6) is -0.890. The lowest BCUT2D eigenvalue weighted by molar-refractivity contribution is -0.134. The average Bonchev–Trinajstić information content (AvgIpc) is 2.93. The quantitative estimate of drug-likeness (QED) is 0.922. The van der Waals surface area contributed by atoms with Crippen molar-refractivity contribution < 1.29 is 14.7 Å². The number of fused-ring (bicyclic) bond motifs is 3. The van der Waals surface area contributed by atoms with Crippen LogP contribution in [0.1, 0.15) is 47.7 Å². The van der Waals surface area contributed by atoms with Crippen LogP contribution in [0.25, 0.3) is 0 Å². The molecule has 0 aromatic heterocycles. The van der Waals surface area contributed by atoms with Crippen LogP contribution in [0, 0.1) is 11.3 Å². The monoisotopic (exact) mass is 320 g/mol. The summed E-state index contributed by atoms with van der Waals surface area (Å²) in [6.07, 6.45) is 0.477. The van der Waals surface area contributed by atoms with Crippen LogP contribution in [-0.4, -0.2) is 16.7 Å². The van der Waals surface area contributed by atoms with Crippen LogP contribution < -0.4 is 0 Å². The van der Waals surface area contributed by atoms with Crippen molar-refractivity contribution in [2.24, 2.45) is 11.3 Å². The number of Topliss-reactive ketones (excluding diaryl/α,β-unsaturated/α-hetero) is 2. The van der Waals surface area contributed by atoms with Crippen molar-refractivity contribution in [1.29, 1.82) is 0 Å². The fourth-order valence-corrected chi connectivity index (χ4v) is 4.98. The van der Waals surface area contributed by atoms with Crippen LogP contribution in [0.5, 0.6) is 0 Å². The Morgan fingerprint density at radius 3 is 2.38 bits per heavy atom. The topological polar surface area (TPSA) is 54.4 Å². The van der Waals surface area contributed by atoms with Crippen molar-refractivity contribution in [1.82, 2.24) is 0 Å². The van der Waals surface area contributed by atoms with E-state index in [0.29, 0.717) is 17.5 Å². The summed E-state index contributed by atoms with van der Waals surface area (Å²) in [6.45, 7) is 3.34. The minimum Gasteiger partial charge on any atom is -0.383 e. The number of rotatable bonds is 2. The standard InChI is InChI=1S/C21H20O3/c1-13(22)18-16(14-8-4-3-5-9-14)12-20(2)19(23)15-10-6-7-11-17(15)21(18,20)24/h3-11,16,18,24H,12H2,1-2H3/t16-,18-,20+,21-/m1/s1. The first kappa shape index (κ1) is 15.3. The lowest BCUT2D eigenvalue weighted by Crippen LogP contribution is -2.45. The molecular formula is C21H20O3. The second-order valence-corrected chi connectivity index (χ2v) is 7.28. The molecule has 2 aliphatic carbocycles. The van der Waals surface area contributed by atoms with Gasteiger partial charge in [0, 0.05) is 5.56 Å². The number of carbonyl (C=O) groups excluding carboxylic acids is 2. The molecule has 3 heteroatoms. The summed E-state index contributed by atoms with van der Waals surface area (Å²) in [4.78, 5) is 25.6. The van der Waals surface area contributed by atoms with Crippen molar-refractivity contribution in [2.75, 3.05) is 0 Å². The van der Waals surface area contributed by atoms with E-state index < -0.39 is 16.9 Å². The van der Waals surface area contributed by atoms with Crippen LogP contribution in [0.3, 0.4) is 0 Å². The highest BCUT2D eigenvalue weighted by atomic mass is 16.3. The first-order valence-electron chi connectivity index (χ1n) is 8.33. The Balaban J connectivity index is 1.96. The van der Waals surface area contributed by atoms with E-state index >= 15 is 0 Å². The molecule has 2 aliphatic rings. The van der Waals surface area contributed by atoms with E-state index in [-0.39, 0.29) is 17.5 Å². The van der Waals surface area contributed by atoms with Crippen LogP contribution in [0.4, 0.5) is 0 Å². The summed E-state index contributed by atoms with van der Waals surface area (Å²) in [5.41, 5.74) is -0.232. The number of ketones is 2. The summed E-state index contributed by atoms with van der Waals surface area (Å²) < 4.78 is 0. The van der Waals surface area contributed by atoms with Crippen LogP contribution >= 0.6 is 0 Å². The van der Waals surface area contributed by atoms with Crippen molar-refractivity contribution in [3.63, 3.8) is 0 Å². The zero-order chi connectivity index (χ0) is 17.1. The minimum atomic E-state index is -1.44. The third-order valence-corrected chi connectivity index (χ3v) is 6.07. The predicted molar refractivity (Wildman–Crippen MR) is 90.7 cm³/mol. The van der Waals surface area contributed by atoms with Crippen molar-refractivity contribution in [3.8, 4) is 0 Å². The van der Waals surface area contributed by atoms with Crippen molar-refractivity contribution in [2.45, 2.75) is 31.8 Å². The average molecular weight is 320 g/mol. The molecule has 0 radical (unpaired) electrons. The molecule has 4 atom stereocenters. The number of aliphatic hydroxyl groups is 1. The number of benzene rings is 2. The molecule has 0 unspecified atom stereocenters. The maximum absolute atomic E-state index is 13.1. The summed E-state index contributed by atoms with van der Waals surface area (Å²) in [7, 11) is 0. The first-order chi connectivity index (χ1) is 11.4. The molecule has 0 aliphatic heterocycles. The molecule has 1 fully saturated rings. The molecule has 24 heavy (non-hydrogen) atoms. The molecular weight excluding hydrogens is 300 g/mol. The summed E-state index contributed by atoms with van der Waals surface area (Å²) in [6, 6.07) is 16.9. The molecule has 0 bridgehead atoms. The lowest BCUT2D eigenvalue weighted by atomic mass is 9.71. The number of carbonyl (C=O) groups is 2.